The lowest BCUT2D eigenvalue weighted by Crippen LogP contribution is -2.61. The Morgan fingerprint density at radius 3 is 2.63 bits per heavy atom. The topological polar surface area (TPSA) is 91.5 Å². The van der Waals surface area contributed by atoms with E-state index in [1.54, 1.807) is 0 Å². The van der Waals surface area contributed by atoms with E-state index in [4.69, 9.17) is 5.73 Å². The molecule has 0 spiro atoms. The maximum atomic E-state index is 11.6. The van der Waals surface area contributed by atoms with E-state index in [1.807, 2.05) is 7.05 Å². The van der Waals surface area contributed by atoms with Crippen LogP contribution in [0.3, 0.4) is 0 Å². The second-order valence-electron chi connectivity index (χ2n) is 10.2. The molecule has 0 bridgehead atoms. The Morgan fingerprint density at radius 1 is 1.17 bits per heavy atom. The van der Waals surface area contributed by atoms with E-state index in [-0.39, 0.29) is 11.6 Å². The molecule has 2 heterocycles. The predicted octanol–water partition coefficient (Wildman–Crippen LogP) is 4.89. The minimum atomic E-state index is -0.991. The van der Waals surface area contributed by atoms with Crippen molar-refractivity contribution in [3.8, 4) is 11.1 Å². The molecule has 182 valence electrons. The van der Waals surface area contributed by atoms with Gasteiger partial charge in [0, 0.05) is 12.2 Å². The van der Waals surface area contributed by atoms with Crippen molar-refractivity contribution in [2.45, 2.75) is 50.7 Å². The van der Waals surface area contributed by atoms with Crippen molar-refractivity contribution in [1.29, 1.82) is 0 Å². The van der Waals surface area contributed by atoms with Crippen LogP contribution in [0.5, 0.6) is 0 Å². The Morgan fingerprint density at radius 2 is 1.91 bits per heavy atom. The fourth-order valence-corrected chi connectivity index (χ4v) is 5.22. The van der Waals surface area contributed by atoms with E-state index in [9.17, 15) is 9.90 Å². The van der Waals surface area contributed by atoms with Gasteiger partial charge >= 0.3 is 5.97 Å². The number of aromatic nitrogens is 1. The Labute approximate surface area is 207 Å². The number of nitrogens with two attached hydrogens (primary N) is 1. The summed E-state index contributed by atoms with van der Waals surface area (Å²) in [5, 5.41) is 12.8. The number of fused-ring (bicyclic) bond motifs is 1. The second-order valence-corrected chi connectivity index (χ2v) is 10.2. The van der Waals surface area contributed by atoms with Crippen LogP contribution in [0.1, 0.15) is 53.2 Å². The largest absolute Gasteiger partial charge is 0.478 e. The van der Waals surface area contributed by atoms with Gasteiger partial charge in [0.25, 0.3) is 0 Å². The number of aryl methyl sites for hydroxylation is 1. The van der Waals surface area contributed by atoms with Gasteiger partial charge in [-0.3, -0.25) is 9.88 Å². The monoisotopic (exact) mass is 470 g/mol. The third-order valence-electron chi connectivity index (χ3n) is 7.80. The molecule has 1 aromatic heterocycles. The Hall–Kier alpha value is -3.22. The summed E-state index contributed by atoms with van der Waals surface area (Å²) >= 11 is 0. The number of hydrogen-bond donors (Lipinski definition) is 3. The number of pyridine rings is 1. The number of benzene rings is 2. The van der Waals surface area contributed by atoms with Crippen LogP contribution in [0.4, 0.5) is 5.69 Å². The van der Waals surface area contributed by atoms with Crippen LogP contribution in [0, 0.1) is 5.92 Å². The van der Waals surface area contributed by atoms with Crippen molar-refractivity contribution in [2.24, 2.45) is 11.7 Å². The van der Waals surface area contributed by atoms with Crippen molar-refractivity contribution in [3.05, 3.63) is 83.2 Å². The first kappa shape index (κ1) is 23.5. The molecule has 0 amide bonds. The number of carbonyl (C=O) groups is 1. The van der Waals surface area contributed by atoms with Crippen LogP contribution in [0.2, 0.25) is 0 Å². The molecule has 2 unspecified atom stereocenters. The van der Waals surface area contributed by atoms with Crippen molar-refractivity contribution >= 4 is 11.7 Å². The van der Waals surface area contributed by atoms with Gasteiger partial charge in [-0.15, -0.1) is 0 Å². The smallest absolute Gasteiger partial charge is 0.337 e. The van der Waals surface area contributed by atoms with E-state index in [2.05, 4.69) is 64.6 Å². The van der Waals surface area contributed by atoms with Crippen molar-refractivity contribution < 1.29 is 9.90 Å². The van der Waals surface area contributed by atoms with Gasteiger partial charge in [-0.05, 0) is 73.0 Å². The molecule has 4 N–H and O–H groups in total. The minimum absolute atomic E-state index is 0.186. The first-order chi connectivity index (χ1) is 16.8. The lowest BCUT2D eigenvalue weighted by Gasteiger charge is -2.47. The van der Waals surface area contributed by atoms with Crippen molar-refractivity contribution in [1.82, 2.24) is 9.88 Å². The summed E-state index contributed by atoms with van der Waals surface area (Å²) in [5.74, 6) is -0.0368. The third-order valence-corrected chi connectivity index (χ3v) is 7.80. The number of likely N-dealkylation sites (N-methyl/N-ethyl adjacent to an activating group) is 1. The van der Waals surface area contributed by atoms with E-state index < -0.39 is 11.6 Å². The number of hydrogen-bond acceptors (Lipinski definition) is 5. The van der Waals surface area contributed by atoms with Gasteiger partial charge in [0.15, 0.2) is 0 Å². The molecule has 2 aliphatic rings. The van der Waals surface area contributed by atoms with Gasteiger partial charge in [-0.1, -0.05) is 55.3 Å². The van der Waals surface area contributed by atoms with Gasteiger partial charge in [0.05, 0.1) is 24.0 Å². The van der Waals surface area contributed by atoms with Gasteiger partial charge in [0.2, 0.25) is 0 Å². The highest BCUT2D eigenvalue weighted by Crippen LogP contribution is 2.37. The minimum Gasteiger partial charge on any atom is -0.478 e. The molecule has 35 heavy (non-hydrogen) atoms. The number of rotatable bonds is 8. The predicted molar refractivity (Wildman–Crippen MR) is 139 cm³/mol. The first-order valence-electron chi connectivity index (χ1n) is 12.5. The molecule has 2 aromatic carbocycles. The maximum absolute atomic E-state index is 11.6. The molecule has 1 fully saturated rings. The second kappa shape index (κ2) is 9.44. The van der Waals surface area contributed by atoms with Crippen LogP contribution in [0.15, 0.2) is 60.9 Å². The molecule has 0 radical (unpaired) electrons. The number of aromatic carboxylic acids is 1. The summed E-state index contributed by atoms with van der Waals surface area (Å²) in [6.07, 6.45) is 9.22. The zero-order valence-corrected chi connectivity index (χ0v) is 20.5. The van der Waals surface area contributed by atoms with Crippen LogP contribution in [0.25, 0.3) is 11.1 Å². The maximum Gasteiger partial charge on any atom is 0.337 e. The fourth-order valence-electron chi connectivity index (χ4n) is 5.22. The Bertz CT molecular complexity index is 1220. The normalized spacial score (nSPS) is 22.0. The van der Waals surface area contributed by atoms with E-state index in [0.29, 0.717) is 12.2 Å². The van der Waals surface area contributed by atoms with Crippen LogP contribution in [-0.4, -0.2) is 40.6 Å². The third kappa shape index (κ3) is 4.81. The molecule has 2 atom stereocenters. The number of anilines is 1. The summed E-state index contributed by atoms with van der Waals surface area (Å²) < 4.78 is 0. The standard InChI is InChI=1S/C29H34N4O2/c1-19-15-24-16-23(22-9-7-21(8-10-22)6-5-20-3-4-20)11-12-26(24)29(30,33(19)2)18-32-27-17-31-14-13-25(27)28(34)35/h7-14,16-17,19-20,32H,3-6,15,18,30H2,1-2H3,(H,34,35). The summed E-state index contributed by atoms with van der Waals surface area (Å²) in [5.41, 5.74) is 13.0. The molecule has 1 aliphatic carbocycles. The highest BCUT2D eigenvalue weighted by molar-refractivity contribution is 5.93. The van der Waals surface area contributed by atoms with Crippen LogP contribution in [-0.2, 0) is 18.5 Å². The molecule has 6 nitrogen and oxygen atoms in total. The molecule has 3 aromatic rings. The molecule has 1 aliphatic heterocycles. The average molecular weight is 471 g/mol. The number of nitrogens with zero attached hydrogens (tertiary/aromatic N) is 2. The van der Waals surface area contributed by atoms with Crippen LogP contribution < -0.4 is 11.1 Å². The highest BCUT2D eigenvalue weighted by atomic mass is 16.4. The number of carboxylic acid groups (broad SMARTS) is 1. The van der Waals surface area contributed by atoms with E-state index in [0.717, 1.165) is 17.9 Å². The molecular formula is C29H34N4O2. The van der Waals surface area contributed by atoms with E-state index >= 15 is 0 Å². The van der Waals surface area contributed by atoms with Crippen molar-refractivity contribution in [2.75, 3.05) is 18.9 Å². The zero-order valence-electron chi connectivity index (χ0n) is 20.5. The zero-order chi connectivity index (χ0) is 24.6. The van der Waals surface area contributed by atoms with E-state index in [1.165, 1.54) is 66.4 Å². The molecule has 0 saturated heterocycles. The summed E-state index contributed by atoms with van der Waals surface area (Å²) in [4.78, 5) is 17.9. The fraction of sp³-hybridized carbons (Fsp3) is 0.379. The first-order valence-corrected chi connectivity index (χ1v) is 12.5. The van der Waals surface area contributed by atoms with Gasteiger partial charge in [-0.2, -0.15) is 0 Å². The van der Waals surface area contributed by atoms with Gasteiger partial charge in [0.1, 0.15) is 5.66 Å². The number of nitrogens with one attached hydrogen (secondary N) is 1. The average Bonchev–Trinajstić information content (AvgIpc) is 3.70. The molecular weight excluding hydrogens is 436 g/mol. The molecule has 6 heteroatoms. The summed E-state index contributed by atoms with van der Waals surface area (Å²) in [6, 6.07) is 17.3. The highest BCUT2D eigenvalue weighted by Gasteiger charge is 2.40. The summed E-state index contributed by atoms with van der Waals surface area (Å²) in [6.45, 7) is 2.54. The molecule has 1 saturated carbocycles. The molecule has 5 rings (SSSR count). The SMILES string of the molecule is CC1Cc2cc(-c3ccc(CCC4CC4)cc3)ccc2C(N)(CNc2cnccc2C(=O)O)N1C. The lowest BCUT2D eigenvalue weighted by atomic mass is 9.83. The Kier molecular flexibility index (Phi) is 6.34. The van der Waals surface area contributed by atoms with Gasteiger partial charge in [-0.25, -0.2) is 4.79 Å². The number of carboxylic acids is 1. The van der Waals surface area contributed by atoms with Crippen LogP contribution >= 0.6 is 0 Å². The summed E-state index contributed by atoms with van der Waals surface area (Å²) in [7, 11) is 2.03. The quantitative estimate of drug-likeness (QED) is 0.434. The van der Waals surface area contributed by atoms with Gasteiger partial charge < -0.3 is 16.2 Å². The lowest BCUT2D eigenvalue weighted by molar-refractivity contribution is 0.0694. The van der Waals surface area contributed by atoms with Crippen molar-refractivity contribution in [3.63, 3.8) is 0 Å². The Balaban J connectivity index is 1.39.